The van der Waals surface area contributed by atoms with Crippen LogP contribution in [0.2, 0.25) is 0 Å². The standard InChI is InChI=1S/C21H29NO3/c1-21(2,3)20(15-10-8-7-9-11-15)22-14-16-12-18(24-5)19(25-6)13-17(16)23-4/h7-13,20,22H,14H2,1-6H3. The molecule has 1 N–H and O–H groups in total. The van der Waals surface area contributed by atoms with E-state index in [4.69, 9.17) is 14.2 Å². The summed E-state index contributed by atoms with van der Waals surface area (Å²) < 4.78 is 16.3. The van der Waals surface area contributed by atoms with Crippen molar-refractivity contribution < 1.29 is 14.2 Å². The second kappa shape index (κ2) is 8.26. The van der Waals surface area contributed by atoms with Gasteiger partial charge in [0, 0.05) is 24.2 Å². The van der Waals surface area contributed by atoms with E-state index in [1.165, 1.54) is 5.56 Å². The van der Waals surface area contributed by atoms with Crippen molar-refractivity contribution in [1.82, 2.24) is 5.32 Å². The van der Waals surface area contributed by atoms with Crippen LogP contribution in [0.4, 0.5) is 0 Å². The molecule has 0 heterocycles. The van der Waals surface area contributed by atoms with E-state index in [1.54, 1.807) is 21.3 Å². The lowest BCUT2D eigenvalue weighted by Crippen LogP contribution is -2.32. The second-order valence-corrected chi connectivity index (χ2v) is 7.11. The molecule has 2 rings (SSSR count). The normalized spacial score (nSPS) is 12.6. The number of hydrogen-bond acceptors (Lipinski definition) is 4. The summed E-state index contributed by atoms with van der Waals surface area (Å²) >= 11 is 0. The van der Waals surface area contributed by atoms with Crippen LogP contribution in [0.15, 0.2) is 42.5 Å². The van der Waals surface area contributed by atoms with Crippen molar-refractivity contribution in [3.05, 3.63) is 53.6 Å². The summed E-state index contributed by atoms with van der Waals surface area (Å²) in [6.45, 7) is 7.39. The van der Waals surface area contributed by atoms with E-state index in [1.807, 2.05) is 18.2 Å². The Bertz CT molecular complexity index is 678. The van der Waals surface area contributed by atoms with Crippen LogP contribution in [0.5, 0.6) is 17.2 Å². The maximum atomic E-state index is 5.54. The Balaban J connectivity index is 2.28. The minimum absolute atomic E-state index is 0.0745. The number of benzene rings is 2. The van der Waals surface area contributed by atoms with Crippen LogP contribution in [-0.2, 0) is 6.54 Å². The number of methoxy groups -OCH3 is 3. The second-order valence-electron chi connectivity index (χ2n) is 7.11. The number of nitrogens with one attached hydrogen (secondary N) is 1. The molecule has 0 radical (unpaired) electrons. The van der Waals surface area contributed by atoms with E-state index < -0.39 is 0 Å². The van der Waals surface area contributed by atoms with Crippen molar-refractivity contribution in [2.75, 3.05) is 21.3 Å². The molecule has 0 aromatic heterocycles. The van der Waals surface area contributed by atoms with Gasteiger partial charge in [0.1, 0.15) is 5.75 Å². The van der Waals surface area contributed by atoms with Gasteiger partial charge in [0.2, 0.25) is 0 Å². The summed E-state index contributed by atoms with van der Waals surface area (Å²) in [6.07, 6.45) is 0. The van der Waals surface area contributed by atoms with Crippen molar-refractivity contribution in [3.63, 3.8) is 0 Å². The van der Waals surface area contributed by atoms with Gasteiger partial charge in [0.15, 0.2) is 11.5 Å². The fraction of sp³-hybridized carbons (Fsp3) is 0.429. The molecular weight excluding hydrogens is 314 g/mol. The van der Waals surface area contributed by atoms with Gasteiger partial charge in [-0.15, -0.1) is 0 Å². The highest BCUT2D eigenvalue weighted by Crippen LogP contribution is 2.36. The molecule has 0 saturated carbocycles. The third kappa shape index (κ3) is 4.67. The third-order valence-corrected chi connectivity index (χ3v) is 4.28. The van der Waals surface area contributed by atoms with E-state index in [2.05, 4.69) is 50.4 Å². The first kappa shape index (κ1) is 19.1. The van der Waals surface area contributed by atoms with Gasteiger partial charge in [0.25, 0.3) is 0 Å². The molecule has 0 bridgehead atoms. The Hall–Kier alpha value is -2.20. The van der Waals surface area contributed by atoms with Gasteiger partial charge in [-0.05, 0) is 17.0 Å². The molecule has 0 aliphatic heterocycles. The summed E-state index contributed by atoms with van der Waals surface area (Å²) in [5.41, 5.74) is 2.38. The van der Waals surface area contributed by atoms with Gasteiger partial charge >= 0.3 is 0 Å². The molecule has 136 valence electrons. The van der Waals surface area contributed by atoms with Gasteiger partial charge in [-0.2, -0.15) is 0 Å². The van der Waals surface area contributed by atoms with Crippen molar-refractivity contribution in [3.8, 4) is 17.2 Å². The largest absolute Gasteiger partial charge is 0.496 e. The van der Waals surface area contributed by atoms with E-state index in [-0.39, 0.29) is 11.5 Å². The predicted molar refractivity (Wildman–Crippen MR) is 102 cm³/mol. The lowest BCUT2D eigenvalue weighted by atomic mass is 9.82. The fourth-order valence-corrected chi connectivity index (χ4v) is 3.01. The first-order chi connectivity index (χ1) is 11.9. The maximum Gasteiger partial charge on any atom is 0.164 e. The minimum Gasteiger partial charge on any atom is -0.496 e. The molecule has 1 unspecified atom stereocenters. The van der Waals surface area contributed by atoms with Crippen LogP contribution in [0.25, 0.3) is 0 Å². The molecule has 4 heteroatoms. The highest BCUT2D eigenvalue weighted by molar-refractivity contribution is 5.50. The van der Waals surface area contributed by atoms with E-state index in [0.29, 0.717) is 18.0 Å². The summed E-state index contributed by atoms with van der Waals surface area (Å²) in [4.78, 5) is 0. The van der Waals surface area contributed by atoms with Gasteiger partial charge in [0.05, 0.1) is 21.3 Å². The van der Waals surface area contributed by atoms with Crippen molar-refractivity contribution >= 4 is 0 Å². The van der Waals surface area contributed by atoms with Gasteiger partial charge < -0.3 is 19.5 Å². The molecule has 25 heavy (non-hydrogen) atoms. The third-order valence-electron chi connectivity index (χ3n) is 4.28. The molecule has 0 amide bonds. The zero-order valence-electron chi connectivity index (χ0n) is 16.1. The first-order valence-electron chi connectivity index (χ1n) is 8.48. The lowest BCUT2D eigenvalue weighted by molar-refractivity contribution is 0.269. The number of rotatable bonds is 7. The molecule has 0 aliphatic carbocycles. The quantitative estimate of drug-likeness (QED) is 0.798. The topological polar surface area (TPSA) is 39.7 Å². The molecule has 1 atom stereocenters. The van der Waals surface area contributed by atoms with E-state index >= 15 is 0 Å². The van der Waals surface area contributed by atoms with Crippen LogP contribution >= 0.6 is 0 Å². The lowest BCUT2D eigenvalue weighted by Gasteiger charge is -2.32. The molecule has 0 spiro atoms. The van der Waals surface area contributed by atoms with Gasteiger partial charge in [-0.3, -0.25) is 0 Å². The Morgan fingerprint density at radius 3 is 1.92 bits per heavy atom. The molecule has 2 aromatic carbocycles. The monoisotopic (exact) mass is 343 g/mol. The molecule has 0 saturated heterocycles. The molecule has 4 nitrogen and oxygen atoms in total. The Morgan fingerprint density at radius 1 is 0.840 bits per heavy atom. The first-order valence-corrected chi connectivity index (χ1v) is 8.48. The summed E-state index contributed by atoms with van der Waals surface area (Å²) in [6, 6.07) is 14.6. The molecule has 2 aromatic rings. The molecule has 0 aliphatic rings. The molecular formula is C21H29NO3. The Labute approximate surface area is 151 Å². The highest BCUT2D eigenvalue weighted by Gasteiger charge is 2.26. The summed E-state index contributed by atoms with van der Waals surface area (Å²) in [5.74, 6) is 2.15. The predicted octanol–water partition coefficient (Wildman–Crippen LogP) is 4.59. The van der Waals surface area contributed by atoms with Gasteiger partial charge in [-0.25, -0.2) is 0 Å². The van der Waals surface area contributed by atoms with Crippen LogP contribution in [-0.4, -0.2) is 21.3 Å². The number of hydrogen-bond donors (Lipinski definition) is 1. The van der Waals surface area contributed by atoms with Crippen molar-refractivity contribution in [2.24, 2.45) is 5.41 Å². The van der Waals surface area contributed by atoms with Crippen molar-refractivity contribution in [1.29, 1.82) is 0 Å². The Morgan fingerprint density at radius 2 is 1.40 bits per heavy atom. The highest BCUT2D eigenvalue weighted by atomic mass is 16.5. The Kier molecular flexibility index (Phi) is 6.32. The maximum absolute atomic E-state index is 5.54. The average molecular weight is 343 g/mol. The van der Waals surface area contributed by atoms with Crippen LogP contribution in [0.1, 0.15) is 37.9 Å². The summed E-state index contributed by atoms with van der Waals surface area (Å²) in [7, 11) is 4.94. The van der Waals surface area contributed by atoms with Gasteiger partial charge in [-0.1, -0.05) is 51.1 Å². The van der Waals surface area contributed by atoms with E-state index in [0.717, 1.165) is 11.3 Å². The van der Waals surface area contributed by atoms with Crippen molar-refractivity contribution in [2.45, 2.75) is 33.4 Å². The number of ether oxygens (including phenoxy) is 3. The van der Waals surface area contributed by atoms with Crippen LogP contribution < -0.4 is 19.5 Å². The average Bonchev–Trinajstić information content (AvgIpc) is 2.61. The smallest absolute Gasteiger partial charge is 0.164 e. The zero-order valence-corrected chi connectivity index (χ0v) is 16.1. The summed E-state index contributed by atoms with van der Waals surface area (Å²) in [5, 5.41) is 3.68. The SMILES string of the molecule is COc1cc(OC)c(OC)cc1CNC(c1ccccc1)C(C)(C)C. The zero-order chi connectivity index (χ0) is 18.4. The minimum atomic E-state index is 0.0745. The fourth-order valence-electron chi connectivity index (χ4n) is 3.01. The van der Waals surface area contributed by atoms with E-state index in [9.17, 15) is 0 Å². The van der Waals surface area contributed by atoms with Crippen LogP contribution in [0.3, 0.4) is 0 Å². The van der Waals surface area contributed by atoms with Crippen LogP contribution in [0, 0.1) is 5.41 Å². The molecule has 0 fully saturated rings.